The van der Waals surface area contributed by atoms with E-state index in [9.17, 15) is 4.79 Å². The highest BCUT2D eigenvalue weighted by Gasteiger charge is 2.11. The van der Waals surface area contributed by atoms with Gasteiger partial charge in [-0.05, 0) is 24.6 Å². The molecule has 0 aliphatic carbocycles. The van der Waals surface area contributed by atoms with Gasteiger partial charge >= 0.3 is 0 Å². The van der Waals surface area contributed by atoms with Crippen LogP contribution in [0, 0.1) is 0 Å². The van der Waals surface area contributed by atoms with Gasteiger partial charge in [0.2, 0.25) is 11.0 Å². The van der Waals surface area contributed by atoms with Crippen LogP contribution in [-0.2, 0) is 11.2 Å². The molecule has 0 radical (unpaired) electrons. The van der Waals surface area contributed by atoms with E-state index in [-0.39, 0.29) is 5.91 Å². The van der Waals surface area contributed by atoms with Gasteiger partial charge in [0.1, 0.15) is 16.5 Å². The molecular weight excluding hydrogens is 362 g/mol. The fourth-order valence-electron chi connectivity index (χ4n) is 2.51. The topological polar surface area (TPSA) is 73.3 Å². The largest absolute Gasteiger partial charge is 0.496 e. The molecule has 2 aromatic carbocycles. The molecule has 1 heterocycles. The summed E-state index contributed by atoms with van der Waals surface area (Å²) in [4.78, 5) is 12.0. The highest BCUT2D eigenvalue weighted by molar-refractivity contribution is 7.15. The average Bonchev–Trinajstić information content (AvgIpc) is 3.13. The SMILES string of the molecule is COc1ccccc1Cc1nnc(NC(=O)CCCOc2ccccc2)s1. The number of anilines is 1. The zero-order valence-electron chi connectivity index (χ0n) is 15.1. The molecule has 1 N–H and O–H groups in total. The van der Waals surface area contributed by atoms with E-state index in [1.54, 1.807) is 7.11 Å². The molecule has 0 bridgehead atoms. The lowest BCUT2D eigenvalue weighted by molar-refractivity contribution is -0.116. The Bertz CT molecular complexity index is 868. The number of carbonyl (C=O) groups is 1. The molecule has 6 nitrogen and oxygen atoms in total. The molecule has 0 aliphatic rings. The minimum absolute atomic E-state index is 0.0911. The summed E-state index contributed by atoms with van der Waals surface area (Å²) < 4.78 is 10.9. The molecule has 0 atom stereocenters. The Kier molecular flexibility index (Phi) is 6.76. The summed E-state index contributed by atoms with van der Waals surface area (Å²) >= 11 is 1.37. The number of nitrogens with zero attached hydrogens (tertiary/aromatic N) is 2. The van der Waals surface area contributed by atoms with Gasteiger partial charge in [-0.15, -0.1) is 10.2 Å². The standard InChI is InChI=1S/C20H21N3O3S/c1-25-17-11-6-5-8-15(17)14-19-22-23-20(27-19)21-18(24)12-7-13-26-16-9-3-2-4-10-16/h2-6,8-11H,7,12-14H2,1H3,(H,21,23,24). The molecule has 7 heteroatoms. The van der Waals surface area contributed by atoms with Crippen molar-refractivity contribution < 1.29 is 14.3 Å². The van der Waals surface area contributed by atoms with Crippen molar-refractivity contribution >= 4 is 22.4 Å². The van der Waals surface area contributed by atoms with E-state index in [0.29, 0.717) is 31.0 Å². The maximum Gasteiger partial charge on any atom is 0.226 e. The van der Waals surface area contributed by atoms with Gasteiger partial charge in [-0.3, -0.25) is 4.79 Å². The van der Waals surface area contributed by atoms with Crippen LogP contribution < -0.4 is 14.8 Å². The number of rotatable bonds is 9. The number of hydrogen-bond acceptors (Lipinski definition) is 6. The Balaban J connectivity index is 1.44. The number of ether oxygens (including phenoxy) is 2. The van der Waals surface area contributed by atoms with Gasteiger partial charge in [-0.2, -0.15) is 0 Å². The number of nitrogens with one attached hydrogen (secondary N) is 1. The first kappa shape index (κ1) is 18.8. The molecule has 1 aromatic heterocycles. The van der Waals surface area contributed by atoms with Crippen molar-refractivity contribution in [2.45, 2.75) is 19.3 Å². The number of para-hydroxylation sites is 2. The fourth-order valence-corrected chi connectivity index (χ4v) is 3.29. The molecule has 0 saturated heterocycles. The van der Waals surface area contributed by atoms with Gasteiger partial charge in [-0.1, -0.05) is 47.7 Å². The average molecular weight is 383 g/mol. The second kappa shape index (κ2) is 9.68. The molecule has 27 heavy (non-hydrogen) atoms. The maximum atomic E-state index is 12.0. The Morgan fingerprint density at radius 2 is 1.85 bits per heavy atom. The zero-order valence-corrected chi connectivity index (χ0v) is 15.9. The van der Waals surface area contributed by atoms with E-state index in [1.165, 1.54) is 11.3 Å². The normalized spacial score (nSPS) is 10.4. The van der Waals surface area contributed by atoms with Crippen LogP contribution in [0.1, 0.15) is 23.4 Å². The van der Waals surface area contributed by atoms with Crippen LogP contribution in [-0.4, -0.2) is 29.8 Å². The van der Waals surface area contributed by atoms with Crippen molar-refractivity contribution in [1.29, 1.82) is 0 Å². The summed E-state index contributed by atoms with van der Waals surface area (Å²) in [7, 11) is 1.64. The quantitative estimate of drug-likeness (QED) is 0.567. The Hall–Kier alpha value is -2.93. The molecule has 0 aliphatic heterocycles. The predicted molar refractivity (Wildman–Crippen MR) is 106 cm³/mol. The number of methoxy groups -OCH3 is 1. The number of hydrogen-bond donors (Lipinski definition) is 1. The Morgan fingerprint density at radius 3 is 2.67 bits per heavy atom. The van der Waals surface area contributed by atoms with Gasteiger partial charge in [-0.25, -0.2) is 0 Å². The molecule has 3 rings (SSSR count). The van der Waals surface area contributed by atoms with E-state index in [1.807, 2.05) is 54.6 Å². The minimum Gasteiger partial charge on any atom is -0.496 e. The van der Waals surface area contributed by atoms with Crippen LogP contribution in [0.5, 0.6) is 11.5 Å². The highest BCUT2D eigenvalue weighted by Crippen LogP contribution is 2.24. The van der Waals surface area contributed by atoms with E-state index >= 15 is 0 Å². The molecule has 140 valence electrons. The number of amides is 1. The lowest BCUT2D eigenvalue weighted by atomic mass is 10.1. The van der Waals surface area contributed by atoms with Crippen LogP contribution >= 0.6 is 11.3 Å². The van der Waals surface area contributed by atoms with E-state index in [4.69, 9.17) is 9.47 Å². The monoisotopic (exact) mass is 383 g/mol. The van der Waals surface area contributed by atoms with Gasteiger partial charge in [0.05, 0.1) is 13.7 Å². The second-order valence-corrected chi connectivity index (χ2v) is 6.86. The molecule has 0 spiro atoms. The first-order chi connectivity index (χ1) is 13.2. The summed E-state index contributed by atoms with van der Waals surface area (Å²) in [6.45, 7) is 0.493. The smallest absolute Gasteiger partial charge is 0.226 e. The maximum absolute atomic E-state index is 12.0. The first-order valence-corrected chi connectivity index (χ1v) is 9.48. The molecule has 0 fully saturated rings. The van der Waals surface area contributed by atoms with Gasteiger partial charge < -0.3 is 14.8 Å². The molecule has 3 aromatic rings. The van der Waals surface area contributed by atoms with E-state index < -0.39 is 0 Å². The third-order valence-corrected chi connectivity index (χ3v) is 4.65. The lowest BCUT2D eigenvalue weighted by Crippen LogP contribution is -2.12. The molecule has 0 saturated carbocycles. The summed E-state index contributed by atoms with van der Waals surface area (Å²) in [6.07, 6.45) is 1.62. The third kappa shape index (κ3) is 5.79. The highest BCUT2D eigenvalue weighted by atomic mass is 32.1. The van der Waals surface area contributed by atoms with Crippen LogP contribution in [0.2, 0.25) is 0 Å². The predicted octanol–water partition coefficient (Wildman–Crippen LogP) is 3.94. The van der Waals surface area contributed by atoms with Crippen molar-refractivity contribution in [3.63, 3.8) is 0 Å². The summed E-state index contributed by atoms with van der Waals surface area (Å²) in [5, 5.41) is 12.3. The number of aromatic nitrogens is 2. The summed E-state index contributed by atoms with van der Waals surface area (Å²) in [5.41, 5.74) is 1.03. The van der Waals surface area contributed by atoms with Crippen molar-refractivity contribution in [1.82, 2.24) is 10.2 Å². The first-order valence-electron chi connectivity index (χ1n) is 8.66. The van der Waals surface area contributed by atoms with Crippen LogP contribution in [0.25, 0.3) is 0 Å². The van der Waals surface area contributed by atoms with Crippen molar-refractivity contribution in [3.05, 3.63) is 65.2 Å². The van der Waals surface area contributed by atoms with Crippen molar-refractivity contribution in [2.75, 3.05) is 19.0 Å². The van der Waals surface area contributed by atoms with Crippen LogP contribution in [0.4, 0.5) is 5.13 Å². The lowest BCUT2D eigenvalue weighted by Gasteiger charge is -2.05. The van der Waals surface area contributed by atoms with Gasteiger partial charge in [0.25, 0.3) is 0 Å². The van der Waals surface area contributed by atoms with E-state index in [2.05, 4.69) is 15.5 Å². The van der Waals surface area contributed by atoms with Crippen LogP contribution in [0.15, 0.2) is 54.6 Å². The Labute approximate surface area is 162 Å². The zero-order chi connectivity index (χ0) is 18.9. The van der Waals surface area contributed by atoms with Gasteiger partial charge in [0.15, 0.2) is 0 Å². The third-order valence-electron chi connectivity index (χ3n) is 3.81. The van der Waals surface area contributed by atoms with Crippen molar-refractivity contribution in [2.24, 2.45) is 0 Å². The van der Waals surface area contributed by atoms with E-state index in [0.717, 1.165) is 22.1 Å². The second-order valence-electron chi connectivity index (χ2n) is 5.80. The van der Waals surface area contributed by atoms with Crippen molar-refractivity contribution in [3.8, 4) is 11.5 Å². The fraction of sp³-hybridized carbons (Fsp3) is 0.250. The number of carbonyl (C=O) groups excluding carboxylic acids is 1. The summed E-state index contributed by atoms with van der Waals surface area (Å²) in [5.74, 6) is 1.53. The number of benzene rings is 2. The molecule has 1 amide bonds. The molecular formula is C20H21N3O3S. The summed E-state index contributed by atoms with van der Waals surface area (Å²) in [6, 6.07) is 17.3. The molecule has 0 unspecified atom stereocenters. The van der Waals surface area contributed by atoms with Crippen LogP contribution in [0.3, 0.4) is 0 Å². The van der Waals surface area contributed by atoms with Gasteiger partial charge in [0, 0.05) is 18.4 Å². The Morgan fingerprint density at radius 1 is 1.07 bits per heavy atom. The minimum atomic E-state index is -0.0911.